The molecular weight excluding hydrogens is 252 g/mol. The zero-order chi connectivity index (χ0) is 14.6. The number of benzene rings is 1. The quantitative estimate of drug-likeness (QED) is 0.842. The molecule has 0 saturated carbocycles. The van der Waals surface area contributed by atoms with Crippen LogP contribution in [0.1, 0.15) is 23.6 Å². The summed E-state index contributed by atoms with van der Waals surface area (Å²) in [6.07, 6.45) is 4.35. The second-order valence-corrected chi connectivity index (χ2v) is 5.35. The lowest BCUT2D eigenvalue weighted by atomic mass is 9.77. The van der Waals surface area contributed by atoms with Gasteiger partial charge in [-0.05, 0) is 31.4 Å². The van der Waals surface area contributed by atoms with E-state index in [1.165, 1.54) is 0 Å². The van der Waals surface area contributed by atoms with Crippen LogP contribution in [-0.4, -0.2) is 33.2 Å². The zero-order valence-corrected chi connectivity index (χ0v) is 12.1. The van der Waals surface area contributed by atoms with Crippen LogP contribution in [0.3, 0.4) is 0 Å². The Morgan fingerprint density at radius 1 is 1.25 bits per heavy atom. The standard InChI is InChI=1S/C16H22N2O2/c1-3-18-10-14(9-17-18)8-16(11-19,12-20)15-6-4-5-13(2)7-15/h4-7,9-10,19-20H,3,8,11-12H2,1-2H3. The lowest BCUT2D eigenvalue weighted by Gasteiger charge is -2.30. The first-order valence-electron chi connectivity index (χ1n) is 6.94. The fourth-order valence-electron chi connectivity index (χ4n) is 2.48. The van der Waals surface area contributed by atoms with Gasteiger partial charge < -0.3 is 10.2 Å². The van der Waals surface area contributed by atoms with Crippen LogP contribution in [0.25, 0.3) is 0 Å². The summed E-state index contributed by atoms with van der Waals surface area (Å²) in [6.45, 7) is 4.67. The Morgan fingerprint density at radius 2 is 2.00 bits per heavy atom. The highest BCUT2D eigenvalue weighted by Crippen LogP contribution is 2.28. The minimum absolute atomic E-state index is 0.0930. The third kappa shape index (κ3) is 2.92. The summed E-state index contributed by atoms with van der Waals surface area (Å²) < 4.78 is 1.85. The first kappa shape index (κ1) is 14.8. The Morgan fingerprint density at radius 3 is 2.55 bits per heavy atom. The minimum Gasteiger partial charge on any atom is -0.395 e. The van der Waals surface area contributed by atoms with E-state index >= 15 is 0 Å². The largest absolute Gasteiger partial charge is 0.395 e. The summed E-state index contributed by atoms with van der Waals surface area (Å²) in [5.41, 5.74) is 2.45. The maximum atomic E-state index is 9.86. The van der Waals surface area contributed by atoms with Gasteiger partial charge in [-0.15, -0.1) is 0 Å². The predicted octanol–water partition coefficient (Wildman–Crippen LogP) is 1.68. The van der Waals surface area contributed by atoms with Gasteiger partial charge in [-0.3, -0.25) is 4.68 Å². The minimum atomic E-state index is -0.659. The van der Waals surface area contributed by atoms with Crippen molar-refractivity contribution in [2.45, 2.75) is 32.2 Å². The molecule has 2 aromatic rings. The summed E-state index contributed by atoms with van der Waals surface area (Å²) in [5.74, 6) is 0. The number of aliphatic hydroxyl groups excluding tert-OH is 2. The molecule has 0 fully saturated rings. The van der Waals surface area contributed by atoms with Gasteiger partial charge in [-0.25, -0.2) is 0 Å². The summed E-state index contributed by atoms with van der Waals surface area (Å²) in [5, 5.41) is 24.0. The summed E-state index contributed by atoms with van der Waals surface area (Å²) in [6, 6.07) is 7.96. The lowest BCUT2D eigenvalue weighted by molar-refractivity contribution is 0.116. The third-order valence-corrected chi connectivity index (χ3v) is 3.79. The average Bonchev–Trinajstić information content (AvgIpc) is 2.92. The van der Waals surface area contributed by atoms with Gasteiger partial charge in [0.25, 0.3) is 0 Å². The average molecular weight is 274 g/mol. The van der Waals surface area contributed by atoms with Crippen molar-refractivity contribution in [1.29, 1.82) is 0 Å². The summed E-state index contributed by atoms with van der Waals surface area (Å²) in [4.78, 5) is 0. The van der Waals surface area contributed by atoms with Crippen molar-refractivity contribution in [1.82, 2.24) is 9.78 Å². The summed E-state index contributed by atoms with van der Waals surface area (Å²) in [7, 11) is 0. The normalized spacial score (nSPS) is 11.8. The molecule has 0 atom stereocenters. The second-order valence-electron chi connectivity index (χ2n) is 5.35. The van der Waals surface area contributed by atoms with Gasteiger partial charge in [-0.1, -0.05) is 29.8 Å². The molecule has 1 aromatic heterocycles. The molecule has 0 unspecified atom stereocenters. The van der Waals surface area contributed by atoms with Crippen LogP contribution in [0.15, 0.2) is 36.7 Å². The van der Waals surface area contributed by atoms with Gasteiger partial charge in [0.05, 0.1) is 19.4 Å². The fourth-order valence-corrected chi connectivity index (χ4v) is 2.48. The topological polar surface area (TPSA) is 58.3 Å². The van der Waals surface area contributed by atoms with E-state index < -0.39 is 5.41 Å². The van der Waals surface area contributed by atoms with E-state index in [-0.39, 0.29) is 13.2 Å². The van der Waals surface area contributed by atoms with Crippen LogP contribution < -0.4 is 0 Å². The van der Waals surface area contributed by atoms with Crippen molar-refractivity contribution >= 4 is 0 Å². The monoisotopic (exact) mass is 274 g/mol. The van der Waals surface area contributed by atoms with Crippen LogP contribution in [0, 0.1) is 6.92 Å². The van der Waals surface area contributed by atoms with E-state index in [1.807, 2.05) is 49.0 Å². The second kappa shape index (κ2) is 6.20. The number of nitrogens with zero attached hydrogens (tertiary/aromatic N) is 2. The molecule has 1 aromatic carbocycles. The number of aryl methyl sites for hydroxylation is 2. The molecule has 108 valence electrons. The van der Waals surface area contributed by atoms with Crippen LogP contribution in [0.2, 0.25) is 0 Å². The first-order valence-corrected chi connectivity index (χ1v) is 6.94. The highest BCUT2D eigenvalue weighted by molar-refractivity contribution is 5.32. The van der Waals surface area contributed by atoms with Gasteiger partial charge in [-0.2, -0.15) is 5.10 Å². The van der Waals surface area contributed by atoms with Gasteiger partial charge in [0, 0.05) is 18.2 Å². The van der Waals surface area contributed by atoms with E-state index in [9.17, 15) is 10.2 Å². The van der Waals surface area contributed by atoms with Gasteiger partial charge in [0.2, 0.25) is 0 Å². The van der Waals surface area contributed by atoms with E-state index in [2.05, 4.69) is 5.10 Å². The van der Waals surface area contributed by atoms with Gasteiger partial charge in [0.15, 0.2) is 0 Å². The molecule has 0 radical (unpaired) electrons. The number of aromatic nitrogens is 2. The SMILES string of the molecule is CCn1cc(CC(CO)(CO)c2cccc(C)c2)cn1. The van der Waals surface area contributed by atoms with Crippen LogP contribution in [0.5, 0.6) is 0 Å². The molecule has 0 spiro atoms. The van der Waals surface area contributed by atoms with E-state index in [4.69, 9.17) is 0 Å². The smallest absolute Gasteiger partial charge is 0.0553 e. The molecule has 4 nitrogen and oxygen atoms in total. The molecule has 4 heteroatoms. The van der Waals surface area contributed by atoms with Crippen LogP contribution in [0.4, 0.5) is 0 Å². The fraction of sp³-hybridized carbons (Fsp3) is 0.438. The highest BCUT2D eigenvalue weighted by atomic mass is 16.3. The molecule has 2 rings (SSSR count). The lowest BCUT2D eigenvalue weighted by Crippen LogP contribution is -2.37. The number of hydrogen-bond acceptors (Lipinski definition) is 3. The Hall–Kier alpha value is -1.65. The van der Waals surface area contributed by atoms with Crippen molar-refractivity contribution < 1.29 is 10.2 Å². The van der Waals surface area contributed by atoms with Crippen molar-refractivity contribution in [3.05, 3.63) is 53.3 Å². The van der Waals surface area contributed by atoms with E-state index in [0.29, 0.717) is 6.42 Å². The Kier molecular flexibility index (Phi) is 4.57. The molecule has 0 bridgehead atoms. The van der Waals surface area contributed by atoms with E-state index in [1.54, 1.807) is 6.20 Å². The Balaban J connectivity index is 2.33. The molecule has 2 N–H and O–H groups in total. The van der Waals surface area contributed by atoms with Crippen molar-refractivity contribution in [3.63, 3.8) is 0 Å². The Bertz CT molecular complexity index is 559. The number of aliphatic hydroxyl groups is 2. The molecule has 20 heavy (non-hydrogen) atoms. The van der Waals surface area contributed by atoms with Crippen LogP contribution >= 0.6 is 0 Å². The van der Waals surface area contributed by atoms with Crippen molar-refractivity contribution in [3.8, 4) is 0 Å². The molecule has 0 saturated heterocycles. The van der Waals surface area contributed by atoms with Gasteiger partial charge in [0.1, 0.15) is 0 Å². The molecule has 0 aliphatic carbocycles. The number of rotatable bonds is 6. The predicted molar refractivity (Wildman–Crippen MR) is 78.6 cm³/mol. The Labute approximate surface area is 119 Å². The number of hydrogen-bond donors (Lipinski definition) is 2. The molecule has 0 amide bonds. The molecule has 1 heterocycles. The van der Waals surface area contributed by atoms with Gasteiger partial charge >= 0.3 is 0 Å². The van der Waals surface area contributed by atoms with Crippen LogP contribution in [-0.2, 0) is 18.4 Å². The molecular formula is C16H22N2O2. The maximum absolute atomic E-state index is 9.86. The first-order chi connectivity index (χ1) is 9.63. The maximum Gasteiger partial charge on any atom is 0.0553 e. The third-order valence-electron chi connectivity index (χ3n) is 3.79. The zero-order valence-electron chi connectivity index (χ0n) is 12.1. The van der Waals surface area contributed by atoms with E-state index in [0.717, 1.165) is 23.2 Å². The summed E-state index contributed by atoms with van der Waals surface area (Å²) >= 11 is 0. The highest BCUT2D eigenvalue weighted by Gasteiger charge is 2.32. The molecule has 0 aliphatic rings. The van der Waals surface area contributed by atoms with Crippen molar-refractivity contribution in [2.24, 2.45) is 0 Å². The molecule has 0 aliphatic heterocycles. The van der Waals surface area contributed by atoms with Crippen molar-refractivity contribution in [2.75, 3.05) is 13.2 Å².